The Bertz CT molecular complexity index is 968. The molecule has 26 heavy (non-hydrogen) atoms. The number of para-hydroxylation sites is 1. The van der Waals surface area contributed by atoms with Crippen molar-refractivity contribution in [2.75, 3.05) is 17.7 Å². The van der Waals surface area contributed by atoms with Gasteiger partial charge in [0.05, 0.1) is 12.8 Å². The van der Waals surface area contributed by atoms with Crippen LogP contribution in [0, 0.1) is 6.92 Å². The second-order valence-corrected chi connectivity index (χ2v) is 6.16. The number of methoxy groups -OCH3 is 1. The summed E-state index contributed by atoms with van der Waals surface area (Å²) in [5, 5.41) is 8.96. The first-order valence-electron chi connectivity index (χ1n) is 8.12. The Morgan fingerprint density at radius 2 is 2.04 bits per heavy atom. The molecule has 2 aliphatic heterocycles. The molecule has 4 rings (SSSR count). The van der Waals surface area contributed by atoms with E-state index in [4.69, 9.17) is 10.5 Å². The van der Waals surface area contributed by atoms with Gasteiger partial charge in [0.1, 0.15) is 5.69 Å². The van der Waals surface area contributed by atoms with Gasteiger partial charge >= 0.3 is 5.96 Å². The third-order valence-corrected chi connectivity index (χ3v) is 4.36. The van der Waals surface area contributed by atoms with Crippen LogP contribution >= 0.6 is 0 Å². The van der Waals surface area contributed by atoms with E-state index in [1.165, 1.54) is 0 Å². The number of nitrogens with two attached hydrogens (primary N) is 1. The molecule has 0 fully saturated rings. The Hall–Kier alpha value is -3.55. The summed E-state index contributed by atoms with van der Waals surface area (Å²) in [6.45, 7) is 1.98. The van der Waals surface area contributed by atoms with E-state index in [0.29, 0.717) is 23.0 Å². The molecule has 2 aromatic rings. The fourth-order valence-electron chi connectivity index (χ4n) is 3.17. The van der Waals surface area contributed by atoms with Crippen LogP contribution < -0.4 is 31.4 Å². The molecule has 8 heteroatoms. The highest BCUT2D eigenvalue weighted by Crippen LogP contribution is 2.34. The van der Waals surface area contributed by atoms with Crippen molar-refractivity contribution in [3.63, 3.8) is 0 Å². The van der Waals surface area contributed by atoms with Crippen molar-refractivity contribution < 1.29 is 14.5 Å². The maximum absolute atomic E-state index is 12.7. The minimum Gasteiger partial charge on any atom is -0.493 e. The van der Waals surface area contributed by atoms with E-state index in [1.807, 2.05) is 49.4 Å². The Labute approximate surface area is 150 Å². The molecule has 8 nitrogen and oxygen atoms in total. The van der Waals surface area contributed by atoms with Gasteiger partial charge in [-0.05, 0) is 30.7 Å². The summed E-state index contributed by atoms with van der Waals surface area (Å²) >= 11 is 0. The Morgan fingerprint density at radius 1 is 1.23 bits per heavy atom. The summed E-state index contributed by atoms with van der Waals surface area (Å²) < 4.78 is 5.39. The first-order valence-corrected chi connectivity index (χ1v) is 8.12. The third kappa shape index (κ3) is 2.43. The molecule has 2 aromatic carbocycles. The Morgan fingerprint density at radius 3 is 2.85 bits per heavy atom. The number of fused-ring (bicyclic) bond motifs is 2. The molecule has 2 heterocycles. The molecule has 0 unspecified atom stereocenters. The highest BCUT2D eigenvalue weighted by atomic mass is 16.5. The van der Waals surface area contributed by atoms with Gasteiger partial charge in [-0.25, -0.2) is 15.6 Å². The minimum atomic E-state index is -1.31. The van der Waals surface area contributed by atoms with E-state index in [2.05, 4.69) is 25.9 Å². The minimum absolute atomic E-state index is 0.129. The zero-order valence-corrected chi connectivity index (χ0v) is 14.4. The number of aliphatic imine (C=N–C) groups is 1. The van der Waals surface area contributed by atoms with Crippen molar-refractivity contribution >= 4 is 29.2 Å². The van der Waals surface area contributed by atoms with Crippen LogP contribution in [0.25, 0.3) is 0 Å². The van der Waals surface area contributed by atoms with Gasteiger partial charge in [-0.15, -0.1) is 0 Å². The summed E-state index contributed by atoms with van der Waals surface area (Å²) in [5.41, 5.74) is 7.88. The molecule has 0 bridgehead atoms. The second-order valence-electron chi connectivity index (χ2n) is 6.16. The third-order valence-electron chi connectivity index (χ3n) is 4.36. The van der Waals surface area contributed by atoms with Crippen molar-refractivity contribution in [1.82, 2.24) is 5.32 Å². The lowest BCUT2D eigenvalue weighted by Crippen LogP contribution is -2.92. The molecule has 0 aliphatic carbocycles. The van der Waals surface area contributed by atoms with Crippen LogP contribution in [0.2, 0.25) is 0 Å². The predicted octanol–water partition coefficient (Wildman–Crippen LogP) is -0.425. The van der Waals surface area contributed by atoms with Gasteiger partial charge in [-0.3, -0.25) is 4.79 Å². The number of ether oxygens (including phenoxy) is 1. The van der Waals surface area contributed by atoms with Crippen LogP contribution in [-0.2, 0) is 10.5 Å². The summed E-state index contributed by atoms with van der Waals surface area (Å²) in [6, 6.07) is 13.1. The number of carbonyl (C=O) groups excluding carboxylic acids is 1. The van der Waals surface area contributed by atoms with Crippen LogP contribution in [-0.4, -0.2) is 24.9 Å². The number of nitrogens with zero attached hydrogens (tertiary/aromatic N) is 1. The van der Waals surface area contributed by atoms with E-state index in [-0.39, 0.29) is 11.9 Å². The molecule has 6 N–H and O–H groups in total. The maximum atomic E-state index is 12.7. The molecule has 1 atom stereocenters. The lowest BCUT2D eigenvalue weighted by molar-refractivity contribution is -0.544. The maximum Gasteiger partial charge on any atom is 0.358 e. The van der Waals surface area contributed by atoms with Crippen molar-refractivity contribution in [3.05, 3.63) is 53.6 Å². The van der Waals surface area contributed by atoms with Crippen molar-refractivity contribution in [1.29, 1.82) is 0 Å². The first-order chi connectivity index (χ1) is 12.5. The Balaban J connectivity index is 1.78. The van der Waals surface area contributed by atoms with Crippen LogP contribution in [0.5, 0.6) is 5.75 Å². The zero-order chi connectivity index (χ0) is 18.3. The highest BCUT2D eigenvalue weighted by Gasteiger charge is 2.51. The number of hydrogen-bond donors (Lipinski definition) is 5. The number of rotatable bonds is 2. The number of benzene rings is 2. The molecule has 0 aromatic heterocycles. The van der Waals surface area contributed by atoms with Crippen LogP contribution in [0.1, 0.15) is 11.1 Å². The highest BCUT2D eigenvalue weighted by molar-refractivity contribution is 6.10. The Kier molecular flexibility index (Phi) is 3.54. The quantitative estimate of drug-likeness (QED) is 0.504. The van der Waals surface area contributed by atoms with E-state index in [9.17, 15) is 4.79 Å². The largest absolute Gasteiger partial charge is 0.493 e. The number of hydrogen-bond acceptors (Lipinski definition) is 6. The van der Waals surface area contributed by atoms with Gasteiger partial charge in [-0.2, -0.15) is 4.99 Å². The molecule has 0 saturated heterocycles. The average molecular weight is 351 g/mol. The lowest BCUT2D eigenvalue weighted by atomic mass is 10.0. The molecular weight excluding hydrogens is 332 g/mol. The number of carbonyl (C=O) groups is 1. The van der Waals surface area contributed by atoms with Gasteiger partial charge < -0.3 is 15.8 Å². The summed E-state index contributed by atoms with van der Waals surface area (Å²) in [5.74, 6) is 0.940. The number of amides is 1. The van der Waals surface area contributed by atoms with Crippen molar-refractivity contribution in [3.8, 4) is 5.75 Å². The fourth-order valence-corrected chi connectivity index (χ4v) is 3.17. The predicted molar refractivity (Wildman–Crippen MR) is 98.8 cm³/mol. The molecule has 2 aliphatic rings. The van der Waals surface area contributed by atoms with Crippen molar-refractivity contribution in [2.24, 2.45) is 10.7 Å². The van der Waals surface area contributed by atoms with Crippen LogP contribution in [0.4, 0.5) is 11.4 Å². The van der Waals surface area contributed by atoms with Gasteiger partial charge in [0, 0.05) is 5.56 Å². The second kappa shape index (κ2) is 5.76. The summed E-state index contributed by atoms with van der Waals surface area (Å²) in [7, 11) is 1.60. The zero-order valence-electron chi connectivity index (χ0n) is 14.4. The molecule has 1 amide bonds. The van der Waals surface area contributed by atoms with Gasteiger partial charge in [0.15, 0.2) is 5.75 Å². The van der Waals surface area contributed by atoms with E-state index >= 15 is 0 Å². The summed E-state index contributed by atoms with van der Waals surface area (Å²) in [4.78, 5) is 20.2. The molecule has 0 radical (unpaired) electrons. The fraction of sp³-hybridized carbons (Fsp3) is 0.167. The average Bonchev–Trinajstić information content (AvgIpc) is 2.86. The van der Waals surface area contributed by atoms with Gasteiger partial charge in [0.2, 0.25) is 0 Å². The van der Waals surface area contributed by atoms with Gasteiger partial charge in [0.25, 0.3) is 17.5 Å². The first kappa shape index (κ1) is 15.9. The standard InChI is InChI=1S/C18H18N6O2/c1-10-7-8-14(26-2)13(9-10)21-17-22-16(19)23-18(24-17)11-5-3-4-6-12(11)20-15(18)25/h3-9H,1-2H3,(H,20,25)(H4,19,21,22,23,24)/p+1/t18-/m0/s1. The molecule has 132 valence electrons. The van der Waals surface area contributed by atoms with E-state index in [0.717, 1.165) is 11.3 Å². The van der Waals surface area contributed by atoms with E-state index < -0.39 is 5.66 Å². The van der Waals surface area contributed by atoms with E-state index in [1.54, 1.807) is 7.11 Å². The number of guanidine groups is 2. The lowest BCUT2D eigenvalue weighted by Gasteiger charge is -2.22. The topological polar surface area (TPSA) is 115 Å². The van der Waals surface area contributed by atoms with Crippen LogP contribution in [0.15, 0.2) is 47.5 Å². The monoisotopic (exact) mass is 351 g/mol. The smallest absolute Gasteiger partial charge is 0.358 e. The number of nitrogens with one attached hydrogen (secondary N) is 4. The molecular formula is C18H19N6O2+. The molecule has 1 spiro atoms. The van der Waals surface area contributed by atoms with Crippen LogP contribution in [0.3, 0.4) is 0 Å². The SMILES string of the molecule is COc1ccc(C)cc1NC1=[NH+][C@]2(N=C(N)N1)C(=O)Nc1ccccc12. The normalized spacial score (nSPS) is 20.6. The molecule has 0 saturated carbocycles. The van der Waals surface area contributed by atoms with Gasteiger partial charge in [-0.1, -0.05) is 24.3 Å². The number of aryl methyl sites for hydroxylation is 1. The number of anilines is 2. The van der Waals surface area contributed by atoms with Crippen molar-refractivity contribution in [2.45, 2.75) is 12.6 Å². The summed E-state index contributed by atoms with van der Waals surface area (Å²) in [6.07, 6.45) is 0.